The van der Waals surface area contributed by atoms with Crippen LogP contribution < -0.4 is 10.6 Å². The van der Waals surface area contributed by atoms with Crippen LogP contribution in [0.25, 0.3) is 0 Å². The Morgan fingerprint density at radius 3 is 2.74 bits per heavy atom. The molecule has 0 radical (unpaired) electrons. The average molecular weight is 416 g/mol. The Morgan fingerprint density at radius 2 is 2.07 bits per heavy atom. The van der Waals surface area contributed by atoms with Gasteiger partial charge in [0, 0.05) is 24.8 Å². The van der Waals surface area contributed by atoms with E-state index in [2.05, 4.69) is 17.6 Å². The van der Waals surface area contributed by atoms with Gasteiger partial charge in [-0.2, -0.15) is 0 Å². The summed E-state index contributed by atoms with van der Waals surface area (Å²) >= 11 is 6.35. The molecule has 0 bridgehead atoms. The van der Waals surface area contributed by atoms with Gasteiger partial charge >= 0.3 is 0 Å². The van der Waals surface area contributed by atoms with Crippen molar-refractivity contribution in [3.05, 3.63) is 28.8 Å². The number of nitrogens with one attached hydrogen (secondary N) is 2. The van der Waals surface area contributed by atoms with Crippen LogP contribution in [0.1, 0.15) is 43.5 Å². The summed E-state index contributed by atoms with van der Waals surface area (Å²) in [6.07, 6.45) is 3.00. The molecule has 1 aromatic carbocycles. The zero-order chi connectivity index (χ0) is 18.7. The van der Waals surface area contributed by atoms with Gasteiger partial charge in [0.05, 0.1) is 23.3 Å². The molecule has 3 rings (SSSR count). The second kappa shape index (κ2) is 9.73. The smallest absolute Gasteiger partial charge is 0.255 e. The Hall–Kier alpha value is -1.34. The molecule has 27 heavy (non-hydrogen) atoms. The molecule has 1 aromatic rings. The Kier molecular flexibility index (Phi) is 7.91. The number of hydrogen-bond donors (Lipinski definition) is 2. The lowest BCUT2D eigenvalue weighted by atomic mass is 10.0. The molecule has 150 valence electrons. The van der Waals surface area contributed by atoms with Gasteiger partial charge in [0.1, 0.15) is 6.04 Å². The Balaban J connectivity index is 0.00000261. The highest BCUT2D eigenvalue weighted by Gasteiger charge is 2.29. The Morgan fingerprint density at radius 1 is 1.30 bits per heavy atom. The van der Waals surface area contributed by atoms with Crippen LogP contribution in [0, 0.1) is 0 Å². The largest absolute Gasteiger partial charge is 0.375 e. The molecule has 6 nitrogen and oxygen atoms in total. The molecular weight excluding hydrogens is 389 g/mol. The minimum absolute atomic E-state index is 0. The first-order chi connectivity index (χ1) is 12.5. The monoisotopic (exact) mass is 415 g/mol. The summed E-state index contributed by atoms with van der Waals surface area (Å²) in [6, 6.07) is 4.87. The number of nitrogens with zero attached hydrogens (tertiary/aromatic N) is 1. The second-order valence-corrected chi connectivity index (χ2v) is 7.44. The minimum atomic E-state index is -0.405. The number of ether oxygens (including phenoxy) is 1. The van der Waals surface area contributed by atoms with E-state index in [0.717, 1.165) is 25.8 Å². The van der Waals surface area contributed by atoms with Crippen LogP contribution in [-0.2, 0) is 9.53 Å². The Bertz CT molecular complexity index is 686. The number of amides is 2. The van der Waals surface area contributed by atoms with Gasteiger partial charge in [-0.1, -0.05) is 11.6 Å². The average Bonchev–Trinajstić information content (AvgIpc) is 2.62. The number of rotatable bonds is 3. The fourth-order valence-corrected chi connectivity index (χ4v) is 3.83. The highest BCUT2D eigenvalue weighted by Crippen LogP contribution is 2.26. The fraction of sp³-hybridized carbons (Fsp3) is 0.579. The molecule has 3 atom stereocenters. The number of likely N-dealkylation sites (tertiary alicyclic amines) is 1. The molecular formula is C19H27Cl2N3O3. The standard InChI is InChI=1S/C19H26ClN3O3.ClH/c1-12-5-3-4-9-23(12)19(25)15-7-6-14(11-16(15)20)22-18(24)17-13(2)26-10-8-21-17;/h6-7,11-13,17,21H,3-5,8-10H2,1-2H3,(H,22,24);1H/t12?,13-,17+;/m1./s1. The number of piperidine rings is 1. The molecule has 8 heteroatoms. The normalized spacial score (nSPS) is 25.4. The van der Waals surface area contributed by atoms with E-state index < -0.39 is 6.04 Å². The van der Waals surface area contributed by atoms with Crippen molar-refractivity contribution >= 4 is 41.5 Å². The molecule has 0 aliphatic carbocycles. The molecule has 1 unspecified atom stereocenters. The summed E-state index contributed by atoms with van der Waals surface area (Å²) in [7, 11) is 0. The lowest BCUT2D eigenvalue weighted by Crippen LogP contribution is -2.53. The van der Waals surface area contributed by atoms with Crippen LogP contribution in [-0.4, -0.2) is 54.6 Å². The molecule has 2 fully saturated rings. The van der Waals surface area contributed by atoms with Crippen LogP contribution in [0.5, 0.6) is 0 Å². The topological polar surface area (TPSA) is 70.7 Å². The molecule has 0 aromatic heterocycles. The molecule has 2 saturated heterocycles. The highest BCUT2D eigenvalue weighted by molar-refractivity contribution is 6.34. The van der Waals surface area contributed by atoms with Gasteiger partial charge < -0.3 is 20.3 Å². The van der Waals surface area contributed by atoms with E-state index in [9.17, 15) is 9.59 Å². The van der Waals surface area contributed by atoms with Gasteiger partial charge in [-0.15, -0.1) is 12.4 Å². The van der Waals surface area contributed by atoms with Crippen molar-refractivity contribution in [3.8, 4) is 0 Å². The predicted octanol–water partition coefficient (Wildman–Crippen LogP) is 3.09. The second-order valence-electron chi connectivity index (χ2n) is 7.03. The SMILES string of the molecule is CC1CCCCN1C(=O)c1ccc(NC(=O)[C@H]2NCCO[C@@H]2C)cc1Cl.Cl. The summed E-state index contributed by atoms with van der Waals surface area (Å²) in [6.45, 7) is 5.94. The number of carbonyl (C=O) groups excluding carboxylic acids is 2. The van der Waals surface area contributed by atoms with Gasteiger partial charge in [-0.25, -0.2) is 0 Å². The van der Waals surface area contributed by atoms with E-state index >= 15 is 0 Å². The van der Waals surface area contributed by atoms with Crippen LogP contribution >= 0.6 is 24.0 Å². The van der Waals surface area contributed by atoms with Crippen LogP contribution in [0.3, 0.4) is 0 Å². The maximum atomic E-state index is 12.8. The van der Waals surface area contributed by atoms with Crippen LogP contribution in [0.4, 0.5) is 5.69 Å². The van der Waals surface area contributed by atoms with E-state index in [-0.39, 0.29) is 36.4 Å². The van der Waals surface area contributed by atoms with Crippen molar-refractivity contribution in [1.29, 1.82) is 0 Å². The number of anilines is 1. The van der Waals surface area contributed by atoms with Gasteiger partial charge in [0.25, 0.3) is 5.91 Å². The third kappa shape index (κ3) is 5.13. The van der Waals surface area contributed by atoms with Crippen molar-refractivity contribution in [2.45, 2.75) is 51.3 Å². The first-order valence-corrected chi connectivity index (χ1v) is 9.61. The van der Waals surface area contributed by atoms with E-state index in [1.165, 1.54) is 0 Å². The van der Waals surface area contributed by atoms with Crippen molar-refractivity contribution in [1.82, 2.24) is 10.2 Å². The number of morpholine rings is 1. The summed E-state index contributed by atoms with van der Waals surface area (Å²) in [5.41, 5.74) is 1.05. The Labute approximate surface area is 171 Å². The third-order valence-electron chi connectivity index (χ3n) is 5.13. The summed E-state index contributed by atoms with van der Waals surface area (Å²) < 4.78 is 5.50. The van der Waals surface area contributed by atoms with Crippen LogP contribution in [0.2, 0.25) is 5.02 Å². The zero-order valence-electron chi connectivity index (χ0n) is 15.7. The fourth-order valence-electron chi connectivity index (χ4n) is 3.57. The van der Waals surface area contributed by atoms with Crippen LogP contribution in [0.15, 0.2) is 18.2 Å². The van der Waals surface area contributed by atoms with Crippen molar-refractivity contribution < 1.29 is 14.3 Å². The first kappa shape index (κ1) is 22.0. The van der Waals surface area contributed by atoms with E-state index in [1.54, 1.807) is 18.2 Å². The van der Waals surface area contributed by atoms with Crippen molar-refractivity contribution in [2.24, 2.45) is 0 Å². The maximum absolute atomic E-state index is 12.8. The number of benzene rings is 1. The molecule has 2 aliphatic rings. The lowest BCUT2D eigenvalue weighted by molar-refractivity contribution is -0.123. The number of carbonyl (C=O) groups is 2. The van der Waals surface area contributed by atoms with E-state index in [4.69, 9.17) is 16.3 Å². The van der Waals surface area contributed by atoms with Gasteiger partial charge in [0.2, 0.25) is 5.91 Å². The predicted molar refractivity (Wildman–Crippen MR) is 109 cm³/mol. The quantitative estimate of drug-likeness (QED) is 0.795. The number of halogens is 2. The van der Waals surface area contributed by atoms with Crippen molar-refractivity contribution in [2.75, 3.05) is 25.0 Å². The molecule has 2 heterocycles. The molecule has 0 saturated carbocycles. The first-order valence-electron chi connectivity index (χ1n) is 9.23. The van der Waals surface area contributed by atoms with Gasteiger partial charge in [-0.3, -0.25) is 9.59 Å². The van der Waals surface area contributed by atoms with E-state index in [0.29, 0.717) is 29.4 Å². The van der Waals surface area contributed by atoms with E-state index in [1.807, 2.05) is 11.8 Å². The molecule has 0 spiro atoms. The summed E-state index contributed by atoms with van der Waals surface area (Å²) in [5.74, 6) is -0.215. The summed E-state index contributed by atoms with van der Waals surface area (Å²) in [4.78, 5) is 27.1. The molecule has 2 N–H and O–H groups in total. The number of hydrogen-bond acceptors (Lipinski definition) is 4. The van der Waals surface area contributed by atoms with Gasteiger partial charge in [-0.05, 0) is 51.3 Å². The third-order valence-corrected chi connectivity index (χ3v) is 5.44. The maximum Gasteiger partial charge on any atom is 0.255 e. The zero-order valence-corrected chi connectivity index (χ0v) is 17.2. The molecule has 2 aliphatic heterocycles. The lowest BCUT2D eigenvalue weighted by Gasteiger charge is -2.33. The minimum Gasteiger partial charge on any atom is -0.375 e. The summed E-state index contributed by atoms with van der Waals surface area (Å²) in [5, 5.41) is 6.35. The molecule has 2 amide bonds. The van der Waals surface area contributed by atoms with Crippen molar-refractivity contribution in [3.63, 3.8) is 0 Å². The highest BCUT2D eigenvalue weighted by atomic mass is 35.5. The van der Waals surface area contributed by atoms with Gasteiger partial charge in [0.15, 0.2) is 0 Å².